The van der Waals surface area contributed by atoms with Crippen LogP contribution in [-0.2, 0) is 16.0 Å². The Hall–Kier alpha value is -1.70. The van der Waals surface area contributed by atoms with Crippen LogP contribution < -0.4 is 4.90 Å². The first-order chi connectivity index (χ1) is 14.0. The van der Waals surface area contributed by atoms with Crippen LogP contribution in [0.2, 0.25) is 5.02 Å². The van der Waals surface area contributed by atoms with Crippen LogP contribution in [0.3, 0.4) is 0 Å². The second-order valence-electron chi connectivity index (χ2n) is 8.06. The van der Waals surface area contributed by atoms with Crippen molar-refractivity contribution in [2.75, 3.05) is 31.1 Å². The summed E-state index contributed by atoms with van der Waals surface area (Å²) in [7, 11) is 0. The van der Waals surface area contributed by atoms with Crippen molar-refractivity contribution in [2.24, 2.45) is 5.92 Å². The Kier molecular flexibility index (Phi) is 6.37. The molecular weight excluding hydrogens is 408 g/mol. The number of aromatic nitrogens is 2. The first kappa shape index (κ1) is 20.6. The van der Waals surface area contributed by atoms with Crippen molar-refractivity contribution >= 4 is 34.2 Å². The number of piperidine rings is 1. The van der Waals surface area contributed by atoms with Gasteiger partial charge in [-0.2, -0.15) is 4.37 Å². The zero-order chi connectivity index (χ0) is 20.4. The van der Waals surface area contributed by atoms with Crippen molar-refractivity contribution in [3.8, 4) is 0 Å². The second-order valence-corrected chi connectivity index (χ2v) is 9.23. The second kappa shape index (κ2) is 8.98. The molecule has 2 aromatic rings. The number of ether oxygens (including phenoxy) is 1. The molecular formula is C21H27ClN4O2S. The van der Waals surface area contributed by atoms with Crippen LogP contribution >= 0.6 is 23.1 Å². The summed E-state index contributed by atoms with van der Waals surface area (Å²) in [5.74, 6) is 1.22. The Morgan fingerprint density at radius 2 is 1.83 bits per heavy atom. The third-order valence-corrected chi connectivity index (χ3v) is 6.65. The Morgan fingerprint density at radius 3 is 2.48 bits per heavy atom. The molecule has 156 valence electrons. The standard InChI is InChI=1S/C21H27ClN4O2S/c1-14-12-26(13-15(2)28-14)20(27)17-7-9-25(10-8-17)21-23-19(24-29-21)11-16-3-5-18(22)6-4-16/h3-6,14-15,17H,7-13H2,1-2H3. The van der Waals surface area contributed by atoms with Crippen LogP contribution in [0.15, 0.2) is 24.3 Å². The number of morpholine rings is 1. The molecule has 1 amide bonds. The van der Waals surface area contributed by atoms with E-state index in [1.807, 2.05) is 43.0 Å². The van der Waals surface area contributed by atoms with Crippen LogP contribution in [0, 0.1) is 5.92 Å². The van der Waals surface area contributed by atoms with Gasteiger partial charge in [0.2, 0.25) is 11.0 Å². The van der Waals surface area contributed by atoms with Crippen molar-refractivity contribution in [1.82, 2.24) is 14.3 Å². The predicted octanol–water partition coefficient (Wildman–Crippen LogP) is 3.63. The summed E-state index contributed by atoms with van der Waals surface area (Å²) in [6.45, 7) is 7.18. The molecule has 2 saturated heterocycles. The molecule has 0 radical (unpaired) electrons. The summed E-state index contributed by atoms with van der Waals surface area (Å²) in [4.78, 5) is 21.9. The zero-order valence-electron chi connectivity index (χ0n) is 16.9. The van der Waals surface area contributed by atoms with E-state index in [9.17, 15) is 4.79 Å². The molecule has 2 unspecified atom stereocenters. The Labute approximate surface area is 181 Å². The SMILES string of the molecule is CC1CN(C(=O)C2CCN(c3nc(Cc4ccc(Cl)cc4)ns3)CC2)CC(C)O1. The molecule has 1 aromatic heterocycles. The van der Waals surface area contributed by atoms with E-state index in [-0.39, 0.29) is 24.0 Å². The molecule has 8 heteroatoms. The molecule has 0 spiro atoms. The molecule has 2 aliphatic rings. The van der Waals surface area contributed by atoms with Crippen LogP contribution in [-0.4, -0.2) is 58.6 Å². The first-order valence-corrected chi connectivity index (χ1v) is 11.4. The minimum atomic E-state index is 0.102. The number of nitrogens with zero attached hydrogens (tertiary/aromatic N) is 4. The van der Waals surface area contributed by atoms with E-state index < -0.39 is 0 Å². The number of benzene rings is 1. The van der Waals surface area contributed by atoms with Gasteiger partial charge in [-0.25, -0.2) is 4.98 Å². The highest BCUT2D eigenvalue weighted by molar-refractivity contribution is 7.09. The van der Waals surface area contributed by atoms with Crippen LogP contribution in [0.1, 0.15) is 38.1 Å². The average molecular weight is 435 g/mol. The van der Waals surface area contributed by atoms with Crippen LogP contribution in [0.4, 0.5) is 5.13 Å². The first-order valence-electron chi connectivity index (χ1n) is 10.2. The van der Waals surface area contributed by atoms with E-state index >= 15 is 0 Å². The maximum Gasteiger partial charge on any atom is 0.225 e. The number of anilines is 1. The lowest BCUT2D eigenvalue weighted by atomic mass is 9.95. The molecule has 29 heavy (non-hydrogen) atoms. The minimum absolute atomic E-state index is 0.102. The van der Waals surface area contributed by atoms with Crippen molar-refractivity contribution < 1.29 is 9.53 Å². The van der Waals surface area contributed by atoms with Gasteiger partial charge in [-0.1, -0.05) is 23.7 Å². The van der Waals surface area contributed by atoms with Gasteiger partial charge in [-0.15, -0.1) is 0 Å². The minimum Gasteiger partial charge on any atom is -0.372 e. The molecule has 3 heterocycles. The molecule has 0 aliphatic carbocycles. The predicted molar refractivity (Wildman–Crippen MR) is 116 cm³/mol. The van der Waals surface area contributed by atoms with Gasteiger partial charge >= 0.3 is 0 Å². The van der Waals surface area contributed by atoms with Gasteiger partial charge in [-0.05, 0) is 44.4 Å². The van der Waals surface area contributed by atoms with Gasteiger partial charge in [-0.3, -0.25) is 4.79 Å². The maximum atomic E-state index is 12.9. The van der Waals surface area contributed by atoms with Crippen molar-refractivity contribution in [3.05, 3.63) is 40.7 Å². The fourth-order valence-corrected chi connectivity index (χ4v) is 5.03. The van der Waals surface area contributed by atoms with E-state index in [0.29, 0.717) is 19.5 Å². The lowest BCUT2D eigenvalue weighted by Crippen LogP contribution is -2.51. The van der Waals surface area contributed by atoms with Crippen molar-refractivity contribution in [3.63, 3.8) is 0 Å². The summed E-state index contributed by atoms with van der Waals surface area (Å²) in [5.41, 5.74) is 1.15. The molecule has 0 saturated carbocycles. The lowest BCUT2D eigenvalue weighted by Gasteiger charge is -2.39. The fourth-order valence-electron chi connectivity index (χ4n) is 4.16. The quantitative estimate of drug-likeness (QED) is 0.735. The number of rotatable bonds is 4. The third-order valence-electron chi connectivity index (χ3n) is 5.58. The summed E-state index contributed by atoms with van der Waals surface area (Å²) in [5, 5.41) is 1.69. The molecule has 0 N–H and O–H groups in total. The van der Waals surface area contributed by atoms with Gasteiger partial charge in [0, 0.05) is 55.1 Å². The summed E-state index contributed by atoms with van der Waals surface area (Å²) in [6, 6.07) is 7.80. The van der Waals surface area contributed by atoms with E-state index in [2.05, 4.69) is 9.27 Å². The van der Waals surface area contributed by atoms with E-state index in [1.165, 1.54) is 11.5 Å². The summed E-state index contributed by atoms with van der Waals surface area (Å²) < 4.78 is 10.3. The van der Waals surface area contributed by atoms with E-state index in [4.69, 9.17) is 21.3 Å². The number of amides is 1. The van der Waals surface area contributed by atoms with Gasteiger partial charge in [0.15, 0.2) is 0 Å². The topological polar surface area (TPSA) is 58.6 Å². The number of hydrogen-bond acceptors (Lipinski definition) is 6. The molecule has 2 atom stereocenters. The molecule has 4 rings (SSSR count). The smallest absolute Gasteiger partial charge is 0.225 e. The molecule has 2 aliphatic heterocycles. The Balaban J connectivity index is 1.31. The highest BCUT2D eigenvalue weighted by atomic mass is 35.5. The third kappa shape index (κ3) is 5.08. The average Bonchev–Trinajstić information content (AvgIpc) is 3.17. The summed E-state index contributed by atoms with van der Waals surface area (Å²) in [6.07, 6.45) is 2.66. The van der Waals surface area contributed by atoms with Crippen molar-refractivity contribution in [1.29, 1.82) is 0 Å². The zero-order valence-corrected chi connectivity index (χ0v) is 18.5. The molecule has 6 nitrogen and oxygen atoms in total. The number of hydrogen-bond donors (Lipinski definition) is 0. The van der Waals surface area contributed by atoms with Gasteiger partial charge in [0.1, 0.15) is 5.82 Å². The van der Waals surface area contributed by atoms with Crippen molar-refractivity contribution in [2.45, 2.75) is 45.3 Å². The number of carbonyl (C=O) groups excluding carboxylic acids is 1. The largest absolute Gasteiger partial charge is 0.372 e. The lowest BCUT2D eigenvalue weighted by molar-refractivity contribution is -0.148. The highest BCUT2D eigenvalue weighted by Gasteiger charge is 2.33. The Morgan fingerprint density at radius 1 is 1.17 bits per heavy atom. The molecule has 2 fully saturated rings. The van der Waals surface area contributed by atoms with Crippen LogP contribution in [0.5, 0.6) is 0 Å². The molecule has 1 aromatic carbocycles. The number of halogens is 1. The molecule has 0 bridgehead atoms. The normalized spacial score (nSPS) is 23.4. The van der Waals surface area contributed by atoms with Gasteiger partial charge < -0.3 is 14.5 Å². The van der Waals surface area contributed by atoms with Gasteiger partial charge in [0.25, 0.3) is 0 Å². The van der Waals surface area contributed by atoms with E-state index in [1.54, 1.807) is 0 Å². The Bertz CT molecular complexity index is 825. The fraction of sp³-hybridized carbons (Fsp3) is 0.571. The van der Waals surface area contributed by atoms with Gasteiger partial charge in [0.05, 0.1) is 12.2 Å². The van der Waals surface area contributed by atoms with E-state index in [0.717, 1.165) is 47.5 Å². The number of carbonyl (C=O) groups is 1. The highest BCUT2D eigenvalue weighted by Crippen LogP contribution is 2.27. The summed E-state index contributed by atoms with van der Waals surface area (Å²) >= 11 is 7.39. The van der Waals surface area contributed by atoms with Crippen LogP contribution in [0.25, 0.3) is 0 Å². The monoisotopic (exact) mass is 434 g/mol. The maximum absolute atomic E-state index is 12.9.